The van der Waals surface area contributed by atoms with E-state index in [4.69, 9.17) is 47.7 Å². The fraction of sp³-hybridized carbons (Fsp3) is 0.0952. The van der Waals surface area contributed by atoms with Gasteiger partial charge in [-0.15, -0.1) is 0 Å². The number of carboxylic acids is 2. The van der Waals surface area contributed by atoms with Crippen molar-refractivity contribution in [2.45, 2.75) is 13.2 Å². The third-order valence-electron chi connectivity index (χ3n) is 3.84. The molecule has 0 radical (unpaired) electrons. The van der Waals surface area contributed by atoms with Crippen LogP contribution in [0.15, 0.2) is 61.7 Å². The summed E-state index contributed by atoms with van der Waals surface area (Å²) in [7, 11) is 0. The molecule has 0 saturated carbocycles. The quantitative estimate of drug-likeness (QED) is 0.507. The predicted molar refractivity (Wildman–Crippen MR) is 114 cm³/mol. The average Bonchev–Trinajstić information content (AvgIpc) is 3.21. The van der Waals surface area contributed by atoms with Crippen LogP contribution < -0.4 is 4.74 Å². The van der Waals surface area contributed by atoms with Gasteiger partial charge in [-0.1, -0.05) is 35.8 Å². The smallest absolute Gasteiger partial charge is 0.414 e. The van der Waals surface area contributed by atoms with Crippen molar-refractivity contribution >= 4 is 40.7 Å². The zero-order chi connectivity index (χ0) is 23.0. The molecule has 0 unspecified atom stereocenters. The van der Waals surface area contributed by atoms with Gasteiger partial charge in [0.15, 0.2) is 0 Å². The van der Waals surface area contributed by atoms with Crippen LogP contribution in [0.25, 0.3) is 5.57 Å². The number of carbonyl (C=O) groups is 2. The molecule has 0 spiro atoms. The van der Waals surface area contributed by atoms with E-state index in [1.807, 2.05) is 10.8 Å². The molecule has 2 aromatic carbocycles. The van der Waals surface area contributed by atoms with Crippen molar-refractivity contribution in [1.29, 1.82) is 0 Å². The van der Waals surface area contributed by atoms with Crippen LogP contribution in [0, 0.1) is 5.82 Å². The Morgan fingerprint density at radius 2 is 1.84 bits per heavy atom. The van der Waals surface area contributed by atoms with Gasteiger partial charge in [-0.2, -0.15) is 0 Å². The summed E-state index contributed by atoms with van der Waals surface area (Å²) in [5.74, 6) is -3.46. The van der Waals surface area contributed by atoms with Gasteiger partial charge in [0.2, 0.25) is 0 Å². The van der Waals surface area contributed by atoms with Gasteiger partial charge in [0, 0.05) is 40.1 Å². The Morgan fingerprint density at radius 1 is 1.13 bits per heavy atom. The molecule has 10 heteroatoms. The maximum atomic E-state index is 13.7. The number of aliphatic carboxylic acids is 2. The molecule has 0 aliphatic heterocycles. The van der Waals surface area contributed by atoms with Crippen molar-refractivity contribution in [2.24, 2.45) is 0 Å². The highest BCUT2D eigenvalue weighted by Crippen LogP contribution is 2.29. The van der Waals surface area contributed by atoms with E-state index in [0.717, 1.165) is 11.1 Å². The Balaban J connectivity index is 0.000000501. The second kappa shape index (κ2) is 11.1. The minimum Gasteiger partial charge on any atom is -0.488 e. The topological polar surface area (TPSA) is 102 Å². The van der Waals surface area contributed by atoms with Gasteiger partial charge in [-0.05, 0) is 35.9 Å². The molecule has 3 rings (SSSR count). The third kappa shape index (κ3) is 7.44. The molecule has 0 bridgehead atoms. The highest BCUT2D eigenvalue weighted by Gasteiger charge is 2.11. The number of hydrogen-bond acceptors (Lipinski definition) is 4. The van der Waals surface area contributed by atoms with E-state index < -0.39 is 11.9 Å². The van der Waals surface area contributed by atoms with Gasteiger partial charge in [0.25, 0.3) is 0 Å². The zero-order valence-corrected chi connectivity index (χ0v) is 17.5. The van der Waals surface area contributed by atoms with Crippen LogP contribution in [-0.4, -0.2) is 31.7 Å². The summed E-state index contributed by atoms with van der Waals surface area (Å²) < 4.78 is 21.4. The summed E-state index contributed by atoms with van der Waals surface area (Å²) in [5, 5.41) is 15.9. The van der Waals surface area contributed by atoms with E-state index in [-0.39, 0.29) is 12.4 Å². The van der Waals surface area contributed by atoms with Crippen LogP contribution in [0.1, 0.15) is 11.1 Å². The van der Waals surface area contributed by atoms with Gasteiger partial charge < -0.3 is 19.5 Å². The normalized spacial score (nSPS) is 10.0. The van der Waals surface area contributed by atoms with Crippen molar-refractivity contribution in [3.05, 3.63) is 88.7 Å². The number of aromatic nitrogens is 2. The fourth-order valence-corrected chi connectivity index (χ4v) is 2.85. The maximum absolute atomic E-state index is 13.7. The van der Waals surface area contributed by atoms with Gasteiger partial charge in [-0.25, -0.2) is 19.0 Å². The van der Waals surface area contributed by atoms with Gasteiger partial charge in [0.1, 0.15) is 18.2 Å². The molecule has 1 aromatic heterocycles. The Morgan fingerprint density at radius 3 is 2.42 bits per heavy atom. The Bertz CT molecular complexity index is 1080. The van der Waals surface area contributed by atoms with Crippen molar-refractivity contribution in [1.82, 2.24) is 9.55 Å². The summed E-state index contributed by atoms with van der Waals surface area (Å²) in [6, 6.07) is 9.56. The van der Waals surface area contributed by atoms with Gasteiger partial charge in [0.05, 0.1) is 6.33 Å². The molecule has 1 heterocycles. The number of halogens is 3. The Labute approximate surface area is 186 Å². The summed E-state index contributed by atoms with van der Waals surface area (Å²) in [5.41, 5.74) is 2.12. The molecule has 0 saturated heterocycles. The Kier molecular flexibility index (Phi) is 8.60. The fourth-order valence-electron chi connectivity index (χ4n) is 2.38. The van der Waals surface area contributed by atoms with Gasteiger partial charge >= 0.3 is 11.9 Å². The van der Waals surface area contributed by atoms with Crippen molar-refractivity contribution in [3.8, 4) is 5.75 Å². The van der Waals surface area contributed by atoms with E-state index >= 15 is 0 Å². The molecule has 0 aliphatic rings. The first-order chi connectivity index (χ1) is 14.7. The number of rotatable bonds is 6. The van der Waals surface area contributed by atoms with E-state index in [1.54, 1.807) is 36.8 Å². The first-order valence-corrected chi connectivity index (χ1v) is 9.39. The summed E-state index contributed by atoms with van der Waals surface area (Å²) in [4.78, 5) is 22.2. The highest BCUT2D eigenvalue weighted by atomic mass is 35.5. The molecule has 162 valence electrons. The molecule has 31 heavy (non-hydrogen) atoms. The summed E-state index contributed by atoms with van der Waals surface area (Å²) >= 11 is 12.1. The predicted octanol–water partition coefficient (Wildman–Crippen LogP) is 4.78. The number of imidazole rings is 1. The van der Waals surface area contributed by atoms with Crippen LogP contribution in [-0.2, 0) is 22.7 Å². The van der Waals surface area contributed by atoms with Gasteiger partial charge in [-0.3, -0.25) is 0 Å². The molecule has 2 N–H and O–H groups in total. The van der Waals surface area contributed by atoms with Crippen LogP contribution in [0.4, 0.5) is 4.39 Å². The number of hydrogen-bond donors (Lipinski definition) is 2. The molecule has 7 nitrogen and oxygen atoms in total. The largest absolute Gasteiger partial charge is 0.488 e. The van der Waals surface area contributed by atoms with Crippen molar-refractivity contribution in [2.75, 3.05) is 0 Å². The lowest BCUT2D eigenvalue weighted by Crippen LogP contribution is -2.09. The van der Waals surface area contributed by atoms with Crippen molar-refractivity contribution < 1.29 is 28.9 Å². The molecule has 0 fully saturated rings. The van der Waals surface area contributed by atoms with Crippen LogP contribution in [0.3, 0.4) is 0 Å². The minimum atomic E-state index is -1.82. The monoisotopic (exact) mass is 466 g/mol. The second-order valence-electron chi connectivity index (χ2n) is 6.11. The molecular weight excluding hydrogens is 450 g/mol. The molecule has 3 aromatic rings. The number of benzene rings is 2. The van der Waals surface area contributed by atoms with Crippen LogP contribution >= 0.6 is 23.2 Å². The lowest BCUT2D eigenvalue weighted by Gasteiger charge is -2.15. The highest BCUT2D eigenvalue weighted by molar-refractivity contribution is 6.35. The van der Waals surface area contributed by atoms with E-state index in [2.05, 4.69) is 11.6 Å². The first kappa shape index (κ1) is 23.9. The third-order valence-corrected chi connectivity index (χ3v) is 4.42. The number of allylic oxidation sites excluding steroid dienone is 1. The van der Waals surface area contributed by atoms with E-state index in [9.17, 15) is 4.39 Å². The number of nitrogens with zero attached hydrogens (tertiary/aromatic N) is 2. The average molecular weight is 467 g/mol. The minimum absolute atomic E-state index is 0.243. The zero-order valence-electron chi connectivity index (χ0n) is 16.0. The first-order valence-electron chi connectivity index (χ1n) is 8.63. The SMILES string of the molecule is C=C(Cn1ccnc1)c1cc(F)ccc1OCc1ccc(Cl)cc1Cl.O=C(O)C(=O)O. The molecule has 0 aliphatic carbocycles. The standard InChI is InChI=1S/C19H15Cl2FN2O.C2H2O4/c1-13(10-24-7-6-23-12-24)17-9-16(22)4-5-19(17)25-11-14-2-3-15(20)8-18(14)21;3-1(4)2(5)6/h2-9,12H,1,10-11H2;(H,3,4)(H,5,6). The van der Waals surface area contributed by atoms with Crippen LogP contribution in [0.2, 0.25) is 10.0 Å². The molecular formula is C21H17Cl2FN2O5. The van der Waals surface area contributed by atoms with Crippen molar-refractivity contribution in [3.63, 3.8) is 0 Å². The van der Waals surface area contributed by atoms with E-state index in [0.29, 0.717) is 27.9 Å². The lowest BCUT2D eigenvalue weighted by atomic mass is 10.1. The lowest BCUT2D eigenvalue weighted by molar-refractivity contribution is -0.159. The summed E-state index contributed by atoms with van der Waals surface area (Å²) in [6.07, 6.45) is 5.18. The van der Waals surface area contributed by atoms with Crippen LogP contribution in [0.5, 0.6) is 5.75 Å². The Hall–Kier alpha value is -3.36. The molecule has 0 amide bonds. The maximum Gasteiger partial charge on any atom is 0.414 e. The number of ether oxygens (including phenoxy) is 1. The van der Waals surface area contributed by atoms with E-state index in [1.165, 1.54) is 12.1 Å². The molecule has 0 atom stereocenters. The number of carboxylic acid groups (broad SMARTS) is 2. The second-order valence-corrected chi connectivity index (χ2v) is 6.96. The summed E-state index contributed by atoms with van der Waals surface area (Å²) in [6.45, 7) is 4.78.